The van der Waals surface area contributed by atoms with Crippen LogP contribution in [0, 0.1) is 0 Å². The summed E-state index contributed by atoms with van der Waals surface area (Å²) in [6, 6.07) is 26.5. The number of benzene rings is 3. The summed E-state index contributed by atoms with van der Waals surface area (Å²) in [4.78, 5) is 0. The molecule has 3 aromatic rings. The van der Waals surface area contributed by atoms with Crippen molar-refractivity contribution in [2.45, 2.75) is 12.2 Å². The first kappa shape index (κ1) is 14.5. The highest BCUT2D eigenvalue weighted by Crippen LogP contribution is 2.26. The molecule has 0 saturated heterocycles. The molecular formula is C20H18O2. The molecule has 22 heavy (non-hydrogen) atoms. The van der Waals surface area contributed by atoms with E-state index in [0.29, 0.717) is 0 Å². The summed E-state index contributed by atoms with van der Waals surface area (Å²) in [5.74, 6) is 0. The van der Waals surface area contributed by atoms with Gasteiger partial charge in [-0.15, -0.1) is 0 Å². The fourth-order valence-electron chi connectivity index (χ4n) is 2.52. The van der Waals surface area contributed by atoms with E-state index in [2.05, 4.69) is 0 Å². The molecule has 0 aliphatic heterocycles. The van der Waals surface area contributed by atoms with Crippen molar-refractivity contribution in [2.24, 2.45) is 0 Å². The van der Waals surface area contributed by atoms with Gasteiger partial charge in [-0.2, -0.15) is 0 Å². The largest absolute Gasteiger partial charge is 0.384 e. The highest BCUT2D eigenvalue weighted by Gasteiger charge is 2.13. The van der Waals surface area contributed by atoms with Crippen molar-refractivity contribution in [2.75, 3.05) is 0 Å². The predicted octanol–water partition coefficient (Wildman–Crippen LogP) is 3.85. The zero-order valence-electron chi connectivity index (χ0n) is 12.1. The SMILES string of the molecule is O[C@H](c1ccccc1)c1ccc([C@@H](O)c2ccccc2)cc1. The maximum Gasteiger partial charge on any atom is 0.104 e. The van der Waals surface area contributed by atoms with Crippen molar-refractivity contribution in [1.29, 1.82) is 0 Å². The number of hydrogen-bond acceptors (Lipinski definition) is 2. The molecule has 0 radical (unpaired) electrons. The van der Waals surface area contributed by atoms with Gasteiger partial charge in [0, 0.05) is 0 Å². The molecule has 0 unspecified atom stereocenters. The normalized spacial score (nSPS) is 13.5. The van der Waals surface area contributed by atoms with E-state index in [1.807, 2.05) is 84.9 Å². The second kappa shape index (κ2) is 6.56. The molecule has 3 aromatic carbocycles. The Morgan fingerprint density at radius 1 is 0.409 bits per heavy atom. The standard InChI is InChI=1S/C20H18O2/c21-19(15-7-3-1-4-8-15)17-11-13-18(14-12-17)20(22)16-9-5-2-6-10-16/h1-14,19-22H/t19-,20+. The van der Waals surface area contributed by atoms with Crippen molar-refractivity contribution >= 4 is 0 Å². The zero-order chi connectivity index (χ0) is 15.4. The first-order chi connectivity index (χ1) is 10.8. The van der Waals surface area contributed by atoms with E-state index in [-0.39, 0.29) is 0 Å². The number of hydrogen-bond donors (Lipinski definition) is 2. The number of rotatable bonds is 4. The minimum atomic E-state index is -0.649. The molecule has 0 aliphatic carbocycles. The van der Waals surface area contributed by atoms with Crippen molar-refractivity contribution in [3.63, 3.8) is 0 Å². The van der Waals surface area contributed by atoms with E-state index in [1.165, 1.54) is 0 Å². The fraction of sp³-hybridized carbons (Fsp3) is 0.100. The molecule has 3 rings (SSSR count). The quantitative estimate of drug-likeness (QED) is 0.766. The van der Waals surface area contributed by atoms with Crippen LogP contribution in [-0.4, -0.2) is 10.2 Å². The third-order valence-corrected chi connectivity index (χ3v) is 3.80. The van der Waals surface area contributed by atoms with Gasteiger partial charge in [-0.25, -0.2) is 0 Å². The summed E-state index contributed by atoms with van der Waals surface area (Å²) >= 11 is 0. The van der Waals surface area contributed by atoms with Crippen LogP contribution < -0.4 is 0 Å². The summed E-state index contributed by atoms with van der Waals surface area (Å²) < 4.78 is 0. The van der Waals surface area contributed by atoms with E-state index < -0.39 is 12.2 Å². The Balaban J connectivity index is 1.81. The van der Waals surface area contributed by atoms with Crippen molar-refractivity contribution in [3.8, 4) is 0 Å². The van der Waals surface area contributed by atoms with Crippen LogP contribution in [0.3, 0.4) is 0 Å². The molecule has 0 heterocycles. The molecule has 0 amide bonds. The minimum absolute atomic E-state index is 0.649. The van der Waals surface area contributed by atoms with E-state index in [4.69, 9.17) is 0 Å². The Kier molecular flexibility index (Phi) is 4.33. The van der Waals surface area contributed by atoms with Crippen molar-refractivity contribution in [3.05, 3.63) is 107 Å². The molecule has 2 nitrogen and oxygen atoms in total. The van der Waals surface area contributed by atoms with Crippen molar-refractivity contribution < 1.29 is 10.2 Å². The van der Waals surface area contributed by atoms with Gasteiger partial charge in [0.1, 0.15) is 12.2 Å². The van der Waals surface area contributed by atoms with Crippen LogP contribution in [-0.2, 0) is 0 Å². The maximum absolute atomic E-state index is 10.4. The molecule has 2 N–H and O–H groups in total. The zero-order valence-corrected chi connectivity index (χ0v) is 12.1. The molecule has 2 atom stereocenters. The highest BCUT2D eigenvalue weighted by molar-refractivity contribution is 5.35. The average molecular weight is 290 g/mol. The summed E-state index contributed by atoms with van der Waals surface area (Å²) in [5.41, 5.74) is 3.35. The smallest absolute Gasteiger partial charge is 0.104 e. The summed E-state index contributed by atoms with van der Waals surface area (Å²) in [5, 5.41) is 20.8. The lowest BCUT2D eigenvalue weighted by atomic mass is 9.97. The number of aliphatic hydroxyl groups is 2. The first-order valence-corrected chi connectivity index (χ1v) is 7.31. The Morgan fingerprint density at radius 2 is 0.682 bits per heavy atom. The third kappa shape index (κ3) is 3.08. The Bertz CT molecular complexity index is 641. The van der Waals surface area contributed by atoms with Crippen LogP contribution in [0.1, 0.15) is 34.5 Å². The van der Waals surface area contributed by atoms with Gasteiger partial charge in [-0.1, -0.05) is 84.9 Å². The van der Waals surface area contributed by atoms with E-state index in [0.717, 1.165) is 22.3 Å². The molecule has 0 fully saturated rings. The van der Waals surface area contributed by atoms with Crippen LogP contribution >= 0.6 is 0 Å². The van der Waals surface area contributed by atoms with Gasteiger partial charge in [0.2, 0.25) is 0 Å². The topological polar surface area (TPSA) is 40.5 Å². The molecule has 0 aliphatic rings. The molecule has 0 bridgehead atoms. The molecule has 2 heteroatoms. The van der Waals surface area contributed by atoms with Crippen molar-refractivity contribution in [1.82, 2.24) is 0 Å². The van der Waals surface area contributed by atoms with Crippen LogP contribution in [0.4, 0.5) is 0 Å². The molecule has 110 valence electrons. The summed E-state index contributed by atoms with van der Waals surface area (Å²) in [7, 11) is 0. The van der Waals surface area contributed by atoms with Gasteiger partial charge in [-0.3, -0.25) is 0 Å². The van der Waals surface area contributed by atoms with Gasteiger partial charge in [0.05, 0.1) is 0 Å². The Hall–Kier alpha value is -2.42. The molecule has 0 spiro atoms. The van der Waals surface area contributed by atoms with Gasteiger partial charge in [0.15, 0.2) is 0 Å². The lowest BCUT2D eigenvalue weighted by Gasteiger charge is -2.15. The summed E-state index contributed by atoms with van der Waals surface area (Å²) in [6.45, 7) is 0. The lowest BCUT2D eigenvalue weighted by Crippen LogP contribution is -2.02. The highest BCUT2D eigenvalue weighted by atomic mass is 16.3. The monoisotopic (exact) mass is 290 g/mol. The van der Waals surface area contributed by atoms with E-state index >= 15 is 0 Å². The molecule has 0 aromatic heterocycles. The fourth-order valence-corrected chi connectivity index (χ4v) is 2.52. The molecule has 0 saturated carbocycles. The van der Waals surface area contributed by atoms with Gasteiger partial charge >= 0.3 is 0 Å². The van der Waals surface area contributed by atoms with E-state index in [1.54, 1.807) is 0 Å². The maximum atomic E-state index is 10.4. The first-order valence-electron chi connectivity index (χ1n) is 7.31. The number of aliphatic hydroxyl groups excluding tert-OH is 2. The van der Waals surface area contributed by atoms with Crippen LogP contribution in [0.15, 0.2) is 84.9 Å². The Labute approximate surface area is 130 Å². The predicted molar refractivity (Wildman–Crippen MR) is 87.4 cm³/mol. The second-order valence-corrected chi connectivity index (χ2v) is 5.29. The van der Waals surface area contributed by atoms with Crippen LogP contribution in [0.25, 0.3) is 0 Å². The van der Waals surface area contributed by atoms with E-state index in [9.17, 15) is 10.2 Å². The van der Waals surface area contributed by atoms with Gasteiger partial charge in [0.25, 0.3) is 0 Å². The average Bonchev–Trinajstić information content (AvgIpc) is 2.62. The Morgan fingerprint density at radius 3 is 1.00 bits per heavy atom. The van der Waals surface area contributed by atoms with Crippen LogP contribution in [0.2, 0.25) is 0 Å². The van der Waals surface area contributed by atoms with Gasteiger partial charge < -0.3 is 10.2 Å². The second-order valence-electron chi connectivity index (χ2n) is 5.29. The van der Waals surface area contributed by atoms with Gasteiger partial charge in [-0.05, 0) is 22.3 Å². The lowest BCUT2D eigenvalue weighted by molar-refractivity contribution is 0.216. The summed E-state index contributed by atoms with van der Waals surface area (Å²) in [6.07, 6.45) is -1.30. The molecular weight excluding hydrogens is 272 g/mol. The van der Waals surface area contributed by atoms with Crippen LogP contribution in [0.5, 0.6) is 0 Å². The minimum Gasteiger partial charge on any atom is -0.384 e. The third-order valence-electron chi connectivity index (χ3n) is 3.80.